The minimum Gasteiger partial charge on any atom is -0.460 e. The average molecular weight is 531 g/mol. The number of hydrogen-bond donors (Lipinski definition) is 4. The molecule has 3 aromatic rings. The van der Waals surface area contributed by atoms with Gasteiger partial charge < -0.3 is 21.1 Å². The number of rotatable bonds is 15. The lowest BCUT2D eigenvalue weighted by atomic mass is 10.0. The lowest BCUT2D eigenvalue weighted by molar-refractivity contribution is -0.147. The zero-order valence-corrected chi connectivity index (χ0v) is 22.3. The first-order valence-electron chi connectivity index (χ1n) is 13.3. The summed E-state index contributed by atoms with van der Waals surface area (Å²) < 4.78 is 5.46. The van der Waals surface area contributed by atoms with E-state index < -0.39 is 24.1 Å². The van der Waals surface area contributed by atoms with Crippen LogP contribution in [0.3, 0.4) is 0 Å². The first kappa shape index (κ1) is 29.5. The molecule has 39 heavy (non-hydrogen) atoms. The number of esters is 1. The Morgan fingerprint density at radius 3 is 1.97 bits per heavy atom. The molecule has 3 rings (SSSR count). The zero-order chi connectivity index (χ0) is 27.9. The van der Waals surface area contributed by atoms with Crippen molar-refractivity contribution in [2.75, 3.05) is 11.9 Å². The van der Waals surface area contributed by atoms with Crippen molar-refractivity contribution in [3.05, 3.63) is 102 Å². The van der Waals surface area contributed by atoms with Crippen LogP contribution in [-0.4, -0.2) is 42.5 Å². The molecule has 0 fully saturated rings. The summed E-state index contributed by atoms with van der Waals surface area (Å²) in [5, 5.41) is 8.87. The summed E-state index contributed by atoms with van der Waals surface area (Å²) in [7, 11) is 0. The fraction of sp³-hybridized carbons (Fsp3) is 0.323. The second kappa shape index (κ2) is 16.1. The SMILES string of the molecule is C[C@@H](N[C@@H](CCc1ccccc1)C(=O)N[C@@H](CCCN)C(=O)Nc1ccccc1)C(=O)OCc1ccccc1. The van der Waals surface area contributed by atoms with E-state index in [4.69, 9.17) is 10.5 Å². The van der Waals surface area contributed by atoms with Crippen LogP contribution in [0.1, 0.15) is 37.3 Å². The molecule has 0 unspecified atom stereocenters. The number of hydrogen-bond acceptors (Lipinski definition) is 6. The molecule has 8 heteroatoms. The van der Waals surface area contributed by atoms with Crippen LogP contribution in [0, 0.1) is 0 Å². The fourth-order valence-corrected chi connectivity index (χ4v) is 4.08. The Bertz CT molecular complexity index is 1160. The van der Waals surface area contributed by atoms with Crippen molar-refractivity contribution in [3.63, 3.8) is 0 Å². The molecule has 0 heterocycles. The number of nitrogens with two attached hydrogens (primary N) is 1. The molecule has 2 amide bonds. The molecule has 3 aromatic carbocycles. The predicted molar refractivity (Wildman–Crippen MR) is 153 cm³/mol. The third-order valence-electron chi connectivity index (χ3n) is 6.28. The maximum Gasteiger partial charge on any atom is 0.323 e. The number of amides is 2. The molecule has 0 aromatic heterocycles. The first-order valence-corrected chi connectivity index (χ1v) is 13.3. The normalized spacial score (nSPS) is 13.1. The second-order valence-corrected chi connectivity index (χ2v) is 9.41. The summed E-state index contributed by atoms with van der Waals surface area (Å²) in [6.45, 7) is 2.21. The van der Waals surface area contributed by atoms with Crippen molar-refractivity contribution >= 4 is 23.5 Å². The molecule has 0 saturated carbocycles. The second-order valence-electron chi connectivity index (χ2n) is 9.41. The number of ether oxygens (including phenoxy) is 1. The molecule has 0 aliphatic rings. The maximum atomic E-state index is 13.5. The molecule has 0 radical (unpaired) electrons. The van der Waals surface area contributed by atoms with Crippen molar-refractivity contribution in [2.45, 2.75) is 57.3 Å². The molecule has 0 saturated heterocycles. The van der Waals surface area contributed by atoms with Crippen LogP contribution in [0.25, 0.3) is 0 Å². The summed E-state index contributed by atoms with van der Waals surface area (Å²) in [5.74, 6) is -1.14. The van der Waals surface area contributed by atoms with Crippen LogP contribution in [-0.2, 0) is 32.1 Å². The summed E-state index contributed by atoms with van der Waals surface area (Å²) in [5.41, 5.74) is 8.28. The molecular weight excluding hydrogens is 492 g/mol. The van der Waals surface area contributed by atoms with E-state index in [1.165, 1.54) is 0 Å². The lowest BCUT2D eigenvalue weighted by Gasteiger charge is -2.25. The summed E-state index contributed by atoms with van der Waals surface area (Å²) >= 11 is 0. The Balaban J connectivity index is 1.67. The van der Waals surface area contributed by atoms with Crippen LogP contribution in [0.2, 0.25) is 0 Å². The number of para-hydroxylation sites is 1. The Kier molecular flexibility index (Phi) is 12.2. The molecule has 0 spiro atoms. The van der Waals surface area contributed by atoms with Crippen LogP contribution in [0.5, 0.6) is 0 Å². The zero-order valence-electron chi connectivity index (χ0n) is 22.3. The van der Waals surface area contributed by atoms with Crippen molar-refractivity contribution in [2.24, 2.45) is 5.73 Å². The molecule has 0 aliphatic carbocycles. The largest absolute Gasteiger partial charge is 0.460 e. The number of nitrogens with one attached hydrogen (secondary N) is 3. The van der Waals surface area contributed by atoms with Gasteiger partial charge in [-0.25, -0.2) is 0 Å². The van der Waals surface area contributed by atoms with E-state index in [1.807, 2.05) is 78.9 Å². The minimum absolute atomic E-state index is 0.146. The van der Waals surface area contributed by atoms with Gasteiger partial charge in [-0.1, -0.05) is 78.9 Å². The lowest BCUT2D eigenvalue weighted by Crippen LogP contribution is -2.54. The highest BCUT2D eigenvalue weighted by Crippen LogP contribution is 2.11. The maximum absolute atomic E-state index is 13.5. The van der Waals surface area contributed by atoms with Crippen LogP contribution in [0.15, 0.2) is 91.0 Å². The van der Waals surface area contributed by atoms with Gasteiger partial charge in [0.1, 0.15) is 18.7 Å². The Morgan fingerprint density at radius 2 is 1.36 bits per heavy atom. The fourth-order valence-electron chi connectivity index (χ4n) is 4.08. The van der Waals surface area contributed by atoms with E-state index in [1.54, 1.807) is 19.1 Å². The van der Waals surface area contributed by atoms with Crippen molar-refractivity contribution in [1.29, 1.82) is 0 Å². The third kappa shape index (κ3) is 10.3. The summed E-state index contributed by atoms with van der Waals surface area (Å²) in [6, 6.07) is 26.0. The van der Waals surface area contributed by atoms with Gasteiger partial charge in [0.05, 0.1) is 6.04 Å². The van der Waals surface area contributed by atoms with Gasteiger partial charge in [-0.05, 0) is 62.4 Å². The number of carbonyl (C=O) groups excluding carboxylic acids is 3. The number of benzene rings is 3. The van der Waals surface area contributed by atoms with E-state index in [-0.39, 0.29) is 18.4 Å². The van der Waals surface area contributed by atoms with Crippen molar-refractivity contribution in [1.82, 2.24) is 10.6 Å². The van der Waals surface area contributed by atoms with Gasteiger partial charge in [0.2, 0.25) is 11.8 Å². The van der Waals surface area contributed by atoms with Gasteiger partial charge in [0.15, 0.2) is 0 Å². The standard InChI is InChI=1S/C31H38N4O4/c1-23(31(38)39-22-25-14-7-3-8-15-25)33-28(20-19-24-12-5-2-6-13-24)30(37)35-27(18-11-21-32)29(36)34-26-16-9-4-10-17-26/h2-10,12-17,23,27-28,33H,11,18-22,32H2,1H3,(H,34,36)(H,35,37)/t23-,27+,28+/m1/s1. The molecule has 3 atom stereocenters. The highest BCUT2D eigenvalue weighted by atomic mass is 16.5. The molecule has 5 N–H and O–H groups in total. The van der Waals surface area contributed by atoms with E-state index >= 15 is 0 Å². The van der Waals surface area contributed by atoms with Gasteiger partial charge in [0.25, 0.3) is 0 Å². The highest BCUT2D eigenvalue weighted by molar-refractivity contribution is 5.97. The highest BCUT2D eigenvalue weighted by Gasteiger charge is 2.28. The molecule has 0 aliphatic heterocycles. The van der Waals surface area contributed by atoms with Crippen molar-refractivity contribution in [3.8, 4) is 0 Å². The number of carbonyl (C=O) groups is 3. The van der Waals surface area contributed by atoms with Gasteiger partial charge >= 0.3 is 5.97 Å². The topological polar surface area (TPSA) is 123 Å². The predicted octanol–water partition coefficient (Wildman–Crippen LogP) is 3.57. The smallest absolute Gasteiger partial charge is 0.323 e. The molecule has 206 valence electrons. The van der Waals surface area contributed by atoms with Crippen LogP contribution >= 0.6 is 0 Å². The Morgan fingerprint density at radius 1 is 0.769 bits per heavy atom. The summed E-state index contributed by atoms with van der Waals surface area (Å²) in [6.07, 6.45) is 2.00. The van der Waals surface area contributed by atoms with E-state index in [2.05, 4.69) is 16.0 Å². The Hall–Kier alpha value is -4.01. The molecule has 0 bridgehead atoms. The third-order valence-corrected chi connectivity index (χ3v) is 6.28. The number of anilines is 1. The quantitative estimate of drug-likeness (QED) is 0.223. The van der Waals surface area contributed by atoms with Crippen LogP contribution < -0.4 is 21.7 Å². The molecule has 8 nitrogen and oxygen atoms in total. The van der Waals surface area contributed by atoms with Gasteiger partial charge in [-0.2, -0.15) is 0 Å². The number of aryl methyl sites for hydroxylation is 1. The van der Waals surface area contributed by atoms with E-state index in [0.717, 1.165) is 11.1 Å². The minimum atomic E-state index is -0.775. The first-order chi connectivity index (χ1) is 19.0. The van der Waals surface area contributed by atoms with E-state index in [9.17, 15) is 14.4 Å². The van der Waals surface area contributed by atoms with E-state index in [0.29, 0.717) is 37.9 Å². The van der Waals surface area contributed by atoms with Crippen LogP contribution in [0.4, 0.5) is 5.69 Å². The monoisotopic (exact) mass is 530 g/mol. The van der Waals surface area contributed by atoms with Gasteiger partial charge in [0, 0.05) is 5.69 Å². The Labute approximate surface area is 230 Å². The molecular formula is C31H38N4O4. The van der Waals surface area contributed by atoms with Gasteiger partial charge in [-0.3, -0.25) is 19.7 Å². The van der Waals surface area contributed by atoms with Gasteiger partial charge in [-0.15, -0.1) is 0 Å². The van der Waals surface area contributed by atoms with Crippen molar-refractivity contribution < 1.29 is 19.1 Å². The average Bonchev–Trinajstić information content (AvgIpc) is 2.97. The summed E-state index contributed by atoms with van der Waals surface area (Å²) in [4.78, 5) is 39.3.